The van der Waals surface area contributed by atoms with Crippen molar-refractivity contribution < 1.29 is 18.4 Å². The van der Waals surface area contributed by atoms with Crippen molar-refractivity contribution in [3.63, 3.8) is 0 Å². The van der Waals surface area contributed by atoms with Crippen LogP contribution < -0.4 is 10.2 Å². The first-order valence-corrected chi connectivity index (χ1v) is 7.59. The van der Waals surface area contributed by atoms with Gasteiger partial charge in [0.2, 0.25) is 6.41 Å². The van der Waals surface area contributed by atoms with E-state index in [0.29, 0.717) is 32.0 Å². The molecule has 1 aromatic heterocycles. The summed E-state index contributed by atoms with van der Waals surface area (Å²) in [7, 11) is 0. The van der Waals surface area contributed by atoms with Gasteiger partial charge >= 0.3 is 0 Å². The number of aromatic nitrogens is 2. The fraction of sp³-hybridized carbons (Fsp3) is 0.250. The lowest BCUT2D eigenvalue weighted by molar-refractivity contribution is -0.118. The highest BCUT2D eigenvalue weighted by Gasteiger charge is 2.18. The standard InChI is InChI=1S/C16H15F2N5O2/c17-12-2-1-11(7-13(12)18)21-16(25)14-8-20-15(9-19-14)23-5-3-22(10-24)4-6-23/h1-2,7-10H,3-6H2,(H,21,25). The Kier molecular flexibility index (Phi) is 4.82. The van der Waals surface area contributed by atoms with Gasteiger partial charge < -0.3 is 15.1 Å². The lowest BCUT2D eigenvalue weighted by Crippen LogP contribution is -2.46. The first kappa shape index (κ1) is 16.7. The number of hydrogen-bond acceptors (Lipinski definition) is 5. The van der Waals surface area contributed by atoms with Gasteiger partial charge in [-0.05, 0) is 12.1 Å². The maximum absolute atomic E-state index is 13.2. The lowest BCUT2D eigenvalue weighted by Gasteiger charge is -2.33. The fourth-order valence-corrected chi connectivity index (χ4v) is 2.43. The van der Waals surface area contributed by atoms with Gasteiger partial charge in [0.15, 0.2) is 11.6 Å². The molecular weight excluding hydrogens is 332 g/mol. The van der Waals surface area contributed by atoms with Crippen LogP contribution in [0, 0.1) is 11.6 Å². The van der Waals surface area contributed by atoms with E-state index in [4.69, 9.17) is 0 Å². The van der Waals surface area contributed by atoms with Gasteiger partial charge in [-0.15, -0.1) is 0 Å². The Labute approximate surface area is 142 Å². The number of piperazine rings is 1. The van der Waals surface area contributed by atoms with E-state index in [-0.39, 0.29) is 11.4 Å². The Balaban J connectivity index is 1.64. The number of hydrogen-bond donors (Lipinski definition) is 1. The molecule has 0 bridgehead atoms. The number of carbonyl (C=O) groups excluding carboxylic acids is 2. The van der Waals surface area contributed by atoms with Crippen LogP contribution in [0.3, 0.4) is 0 Å². The van der Waals surface area contributed by atoms with Crippen LogP contribution in [0.5, 0.6) is 0 Å². The molecule has 1 fully saturated rings. The van der Waals surface area contributed by atoms with Crippen molar-refractivity contribution in [1.82, 2.24) is 14.9 Å². The maximum Gasteiger partial charge on any atom is 0.275 e. The topological polar surface area (TPSA) is 78.4 Å². The third-order valence-electron chi connectivity index (χ3n) is 3.84. The molecule has 7 nitrogen and oxygen atoms in total. The van der Waals surface area contributed by atoms with E-state index in [1.807, 2.05) is 4.90 Å². The number of rotatable bonds is 4. The number of nitrogens with one attached hydrogen (secondary N) is 1. The summed E-state index contributed by atoms with van der Waals surface area (Å²) in [6, 6.07) is 3.07. The van der Waals surface area contributed by atoms with Crippen LogP contribution in [0.1, 0.15) is 10.5 Å². The number of amides is 2. The zero-order valence-corrected chi connectivity index (χ0v) is 13.2. The highest BCUT2D eigenvalue weighted by molar-refractivity contribution is 6.02. The van der Waals surface area contributed by atoms with E-state index in [1.54, 1.807) is 4.90 Å². The summed E-state index contributed by atoms with van der Waals surface area (Å²) in [5.41, 5.74) is 0.180. The van der Waals surface area contributed by atoms with Crippen molar-refractivity contribution in [2.75, 3.05) is 36.4 Å². The van der Waals surface area contributed by atoms with E-state index in [1.165, 1.54) is 18.5 Å². The highest BCUT2D eigenvalue weighted by atomic mass is 19.2. The minimum absolute atomic E-state index is 0.0556. The van der Waals surface area contributed by atoms with E-state index < -0.39 is 17.5 Å². The molecule has 2 heterocycles. The van der Waals surface area contributed by atoms with Gasteiger partial charge in [-0.25, -0.2) is 18.7 Å². The van der Waals surface area contributed by atoms with E-state index >= 15 is 0 Å². The average Bonchev–Trinajstić information content (AvgIpc) is 2.65. The van der Waals surface area contributed by atoms with Crippen LogP contribution >= 0.6 is 0 Å². The molecule has 2 amide bonds. The molecule has 0 radical (unpaired) electrons. The molecule has 1 aliphatic rings. The summed E-state index contributed by atoms with van der Waals surface area (Å²) in [4.78, 5) is 34.7. The van der Waals surface area contributed by atoms with Gasteiger partial charge in [-0.1, -0.05) is 0 Å². The fourth-order valence-electron chi connectivity index (χ4n) is 2.43. The first-order chi connectivity index (χ1) is 12.1. The summed E-state index contributed by atoms with van der Waals surface area (Å²) in [6.07, 6.45) is 3.60. The normalized spacial score (nSPS) is 14.3. The molecule has 9 heteroatoms. The molecule has 0 atom stereocenters. The smallest absolute Gasteiger partial charge is 0.275 e. The summed E-state index contributed by atoms with van der Waals surface area (Å²) >= 11 is 0. The first-order valence-electron chi connectivity index (χ1n) is 7.59. The highest BCUT2D eigenvalue weighted by Crippen LogP contribution is 2.15. The minimum atomic E-state index is -1.05. The van der Waals surface area contributed by atoms with Crippen molar-refractivity contribution in [2.45, 2.75) is 0 Å². The van der Waals surface area contributed by atoms with Crippen molar-refractivity contribution in [1.29, 1.82) is 0 Å². The van der Waals surface area contributed by atoms with Gasteiger partial charge in [0, 0.05) is 37.9 Å². The number of nitrogens with zero attached hydrogens (tertiary/aromatic N) is 4. The summed E-state index contributed by atoms with van der Waals surface area (Å²) < 4.78 is 26.0. The predicted octanol–water partition coefficient (Wildman–Crippen LogP) is 1.29. The third kappa shape index (κ3) is 3.87. The Hall–Kier alpha value is -3.10. The second kappa shape index (κ2) is 7.20. The Morgan fingerprint density at radius 2 is 1.84 bits per heavy atom. The Bertz CT molecular complexity index is 777. The largest absolute Gasteiger partial charge is 0.352 e. The second-order valence-corrected chi connectivity index (χ2v) is 5.47. The summed E-state index contributed by atoms with van der Waals surface area (Å²) in [5, 5.41) is 2.43. The monoisotopic (exact) mass is 347 g/mol. The molecule has 0 aliphatic carbocycles. The lowest BCUT2D eigenvalue weighted by atomic mass is 10.3. The van der Waals surface area contributed by atoms with Crippen molar-refractivity contribution in [2.24, 2.45) is 0 Å². The van der Waals surface area contributed by atoms with E-state index in [9.17, 15) is 18.4 Å². The number of halogens is 2. The molecule has 0 spiro atoms. The van der Waals surface area contributed by atoms with Gasteiger partial charge in [0.25, 0.3) is 5.91 Å². The van der Waals surface area contributed by atoms with Crippen LogP contribution in [0.25, 0.3) is 0 Å². The van der Waals surface area contributed by atoms with E-state index in [2.05, 4.69) is 15.3 Å². The zero-order chi connectivity index (χ0) is 17.8. The molecule has 3 rings (SSSR count). The third-order valence-corrected chi connectivity index (χ3v) is 3.84. The number of anilines is 2. The van der Waals surface area contributed by atoms with Gasteiger partial charge in [0.05, 0.1) is 12.4 Å². The molecule has 0 saturated carbocycles. The maximum atomic E-state index is 13.2. The van der Waals surface area contributed by atoms with Gasteiger partial charge in [-0.3, -0.25) is 9.59 Å². The molecule has 1 aromatic carbocycles. The average molecular weight is 347 g/mol. The molecule has 130 valence electrons. The van der Waals surface area contributed by atoms with Crippen LogP contribution in [0.15, 0.2) is 30.6 Å². The minimum Gasteiger partial charge on any atom is -0.352 e. The summed E-state index contributed by atoms with van der Waals surface area (Å²) in [5.74, 6) is -2.00. The Morgan fingerprint density at radius 1 is 1.08 bits per heavy atom. The molecule has 2 aromatic rings. The second-order valence-electron chi connectivity index (χ2n) is 5.47. The predicted molar refractivity (Wildman–Crippen MR) is 86.2 cm³/mol. The van der Waals surface area contributed by atoms with E-state index in [0.717, 1.165) is 18.5 Å². The van der Waals surface area contributed by atoms with Crippen LogP contribution in [0.2, 0.25) is 0 Å². The molecule has 25 heavy (non-hydrogen) atoms. The summed E-state index contributed by atoms with van der Waals surface area (Å²) in [6.45, 7) is 2.47. The molecule has 1 saturated heterocycles. The van der Waals surface area contributed by atoms with Crippen molar-refractivity contribution in [3.8, 4) is 0 Å². The molecular formula is C16H15F2N5O2. The zero-order valence-electron chi connectivity index (χ0n) is 13.2. The number of benzene rings is 1. The number of carbonyl (C=O) groups is 2. The SMILES string of the molecule is O=CN1CCN(c2cnc(C(=O)Nc3ccc(F)c(F)c3)cn2)CC1. The Morgan fingerprint density at radius 3 is 2.44 bits per heavy atom. The van der Waals surface area contributed by atoms with Crippen molar-refractivity contribution in [3.05, 3.63) is 47.9 Å². The molecule has 1 N–H and O–H groups in total. The molecule has 1 aliphatic heterocycles. The van der Waals surface area contributed by atoms with Crippen LogP contribution in [-0.4, -0.2) is 53.4 Å². The van der Waals surface area contributed by atoms with Gasteiger partial charge in [0.1, 0.15) is 11.5 Å². The van der Waals surface area contributed by atoms with Crippen molar-refractivity contribution >= 4 is 23.8 Å². The van der Waals surface area contributed by atoms with Crippen LogP contribution in [0.4, 0.5) is 20.3 Å². The quantitative estimate of drug-likeness (QED) is 0.843. The molecule has 0 unspecified atom stereocenters. The van der Waals surface area contributed by atoms with Gasteiger partial charge in [-0.2, -0.15) is 0 Å². The van der Waals surface area contributed by atoms with Crippen LogP contribution in [-0.2, 0) is 4.79 Å².